The third-order valence-electron chi connectivity index (χ3n) is 4.64. The smallest absolute Gasteiger partial charge is 0.399 e. The molecule has 0 N–H and O–H groups in total. The molecule has 3 heterocycles. The summed E-state index contributed by atoms with van der Waals surface area (Å²) >= 11 is 2.89. The Morgan fingerprint density at radius 3 is 1.60 bits per heavy atom. The Morgan fingerprint density at radius 1 is 0.767 bits per heavy atom. The predicted molar refractivity (Wildman–Crippen MR) is 102 cm³/mol. The zero-order valence-corrected chi connectivity index (χ0v) is 18.0. The quantitative estimate of drug-likeness (QED) is 0.397. The van der Waals surface area contributed by atoms with Crippen LogP contribution in [0.2, 0.25) is 0 Å². The number of aromatic nitrogens is 2. The van der Waals surface area contributed by atoms with E-state index in [1.54, 1.807) is 0 Å². The molecule has 1 fully saturated rings. The van der Waals surface area contributed by atoms with E-state index in [0.29, 0.717) is 4.47 Å². The van der Waals surface area contributed by atoms with Crippen molar-refractivity contribution < 1.29 is 35.7 Å². The van der Waals surface area contributed by atoms with Crippen LogP contribution in [-0.4, -0.2) is 28.3 Å². The van der Waals surface area contributed by atoms with Gasteiger partial charge in [-0.25, -0.2) is 0 Å². The highest BCUT2D eigenvalue weighted by Gasteiger charge is 2.52. The van der Waals surface area contributed by atoms with Crippen molar-refractivity contribution in [3.63, 3.8) is 0 Å². The van der Waals surface area contributed by atoms with Crippen LogP contribution >= 0.6 is 15.9 Å². The van der Waals surface area contributed by atoms with Gasteiger partial charge in [-0.15, -0.1) is 0 Å². The highest BCUT2D eigenvalue weighted by atomic mass is 79.9. The molecule has 0 aromatic carbocycles. The van der Waals surface area contributed by atoms with Crippen LogP contribution in [0.15, 0.2) is 41.4 Å². The van der Waals surface area contributed by atoms with Crippen molar-refractivity contribution in [2.45, 2.75) is 51.2 Å². The van der Waals surface area contributed by atoms with Crippen molar-refractivity contribution in [1.29, 1.82) is 0 Å². The number of hydrogen-bond acceptors (Lipinski definition) is 4. The van der Waals surface area contributed by atoms with Gasteiger partial charge in [-0.2, -0.15) is 26.3 Å². The van der Waals surface area contributed by atoms with Crippen molar-refractivity contribution in [3.8, 4) is 0 Å². The average molecular weight is 499 g/mol. The Bertz CT molecular complexity index is 873. The van der Waals surface area contributed by atoms with Crippen LogP contribution < -0.4 is 5.46 Å². The van der Waals surface area contributed by atoms with Crippen LogP contribution in [0.4, 0.5) is 26.3 Å². The summed E-state index contributed by atoms with van der Waals surface area (Å²) in [5.41, 5.74) is -2.46. The topological polar surface area (TPSA) is 44.2 Å². The molecule has 0 atom stereocenters. The summed E-state index contributed by atoms with van der Waals surface area (Å²) in [4.78, 5) is 6.99. The third-order valence-corrected chi connectivity index (χ3v) is 5.08. The molecule has 0 bridgehead atoms. The van der Waals surface area contributed by atoms with E-state index in [4.69, 9.17) is 9.31 Å². The van der Waals surface area contributed by atoms with Crippen LogP contribution in [0, 0.1) is 0 Å². The van der Waals surface area contributed by atoms with Crippen molar-refractivity contribution >= 4 is 28.5 Å². The van der Waals surface area contributed by atoms with E-state index in [2.05, 4.69) is 25.9 Å². The van der Waals surface area contributed by atoms with E-state index >= 15 is 0 Å². The van der Waals surface area contributed by atoms with Crippen molar-refractivity contribution in [1.82, 2.24) is 9.97 Å². The lowest BCUT2D eigenvalue weighted by atomic mass is 9.80. The van der Waals surface area contributed by atoms with Gasteiger partial charge in [0.15, 0.2) is 0 Å². The van der Waals surface area contributed by atoms with E-state index < -0.39 is 41.8 Å². The summed E-state index contributed by atoms with van der Waals surface area (Å²) in [6.45, 7) is 7.37. The Hall–Kier alpha value is -1.66. The number of rotatable bonds is 1. The first kappa shape index (κ1) is 24.6. The normalized spacial score (nSPS) is 18.0. The molecule has 0 aliphatic carbocycles. The SMILES string of the molecule is CC1(C)OB(c2cncc(C(F)(F)F)c2)OC1(C)C.FC(F)(F)c1cncc(Br)c1. The minimum atomic E-state index is -4.42. The zero-order valence-electron chi connectivity index (χ0n) is 16.4. The molecule has 0 radical (unpaired) electrons. The lowest BCUT2D eigenvalue weighted by molar-refractivity contribution is -0.138. The van der Waals surface area contributed by atoms with Crippen molar-refractivity contribution in [2.75, 3.05) is 0 Å². The molecule has 2 aromatic heterocycles. The van der Waals surface area contributed by atoms with Gasteiger partial charge in [0.05, 0.1) is 22.3 Å². The predicted octanol–water partition coefficient (Wildman–Crippen LogP) is 5.26. The van der Waals surface area contributed by atoms with Gasteiger partial charge in [-0.05, 0) is 55.8 Å². The highest BCUT2D eigenvalue weighted by Crippen LogP contribution is 2.37. The molecule has 12 heteroatoms. The summed E-state index contributed by atoms with van der Waals surface area (Å²) in [5.74, 6) is 0. The summed E-state index contributed by atoms with van der Waals surface area (Å²) in [6, 6.07) is 1.99. The van der Waals surface area contributed by atoms with Crippen LogP contribution in [-0.2, 0) is 21.7 Å². The molecule has 164 valence electrons. The average Bonchev–Trinajstić information content (AvgIpc) is 2.82. The molecule has 1 aliphatic heterocycles. The Balaban J connectivity index is 0.000000248. The number of pyridine rings is 2. The van der Waals surface area contributed by atoms with Gasteiger partial charge in [0, 0.05) is 34.7 Å². The fourth-order valence-corrected chi connectivity index (χ4v) is 2.65. The first-order valence-corrected chi connectivity index (χ1v) is 9.38. The summed E-state index contributed by atoms with van der Waals surface area (Å²) < 4.78 is 85.3. The lowest BCUT2D eigenvalue weighted by Gasteiger charge is -2.32. The van der Waals surface area contributed by atoms with Crippen LogP contribution in [0.1, 0.15) is 38.8 Å². The second-order valence-corrected chi connectivity index (χ2v) is 8.40. The Morgan fingerprint density at radius 2 is 1.20 bits per heavy atom. The molecule has 0 saturated carbocycles. The second-order valence-electron chi connectivity index (χ2n) is 7.48. The minimum absolute atomic E-state index is 0.272. The molecule has 2 aromatic rings. The van der Waals surface area contributed by atoms with E-state index in [-0.39, 0.29) is 5.46 Å². The molecule has 3 rings (SSSR count). The van der Waals surface area contributed by atoms with E-state index in [9.17, 15) is 26.3 Å². The number of nitrogens with zero attached hydrogens (tertiary/aromatic N) is 2. The van der Waals surface area contributed by atoms with Crippen molar-refractivity contribution in [3.05, 3.63) is 52.5 Å². The van der Waals surface area contributed by atoms with E-state index in [1.165, 1.54) is 12.4 Å². The molecule has 0 amide bonds. The van der Waals surface area contributed by atoms with Gasteiger partial charge < -0.3 is 9.31 Å². The first-order chi connectivity index (χ1) is 13.5. The molecular weight excluding hydrogens is 481 g/mol. The van der Waals surface area contributed by atoms with Gasteiger partial charge in [0.25, 0.3) is 0 Å². The fourth-order valence-electron chi connectivity index (χ4n) is 2.29. The lowest BCUT2D eigenvalue weighted by Crippen LogP contribution is -2.41. The molecule has 4 nitrogen and oxygen atoms in total. The summed E-state index contributed by atoms with van der Waals surface area (Å²) in [6.07, 6.45) is -4.53. The molecule has 0 spiro atoms. The monoisotopic (exact) mass is 498 g/mol. The van der Waals surface area contributed by atoms with Crippen LogP contribution in [0.5, 0.6) is 0 Å². The Labute approximate surface area is 178 Å². The third kappa shape index (κ3) is 5.95. The van der Waals surface area contributed by atoms with Crippen LogP contribution in [0.25, 0.3) is 0 Å². The highest BCUT2D eigenvalue weighted by molar-refractivity contribution is 9.10. The molecule has 1 aliphatic rings. The van der Waals surface area contributed by atoms with Crippen LogP contribution in [0.3, 0.4) is 0 Å². The van der Waals surface area contributed by atoms with E-state index in [1.807, 2.05) is 27.7 Å². The maximum absolute atomic E-state index is 12.6. The largest absolute Gasteiger partial charge is 0.496 e. The first-order valence-electron chi connectivity index (χ1n) is 8.58. The minimum Gasteiger partial charge on any atom is -0.399 e. The van der Waals surface area contributed by atoms with Gasteiger partial charge in [0.1, 0.15) is 0 Å². The molecular formula is C18H18BBrF6N2O2. The zero-order chi connectivity index (χ0) is 23.0. The van der Waals surface area contributed by atoms with Gasteiger partial charge in [-0.3, -0.25) is 9.97 Å². The van der Waals surface area contributed by atoms with Crippen molar-refractivity contribution in [2.24, 2.45) is 0 Å². The number of alkyl halides is 6. The number of hydrogen-bond donors (Lipinski definition) is 0. The van der Waals surface area contributed by atoms with Gasteiger partial charge >= 0.3 is 19.5 Å². The second kappa shape index (κ2) is 8.47. The Kier molecular flexibility index (Phi) is 6.95. The summed E-state index contributed by atoms with van der Waals surface area (Å²) in [5, 5.41) is 0. The summed E-state index contributed by atoms with van der Waals surface area (Å²) in [7, 11) is -0.834. The van der Waals surface area contributed by atoms with E-state index in [0.717, 1.165) is 24.5 Å². The van der Waals surface area contributed by atoms with Gasteiger partial charge in [-0.1, -0.05) is 0 Å². The standard InChI is InChI=1S/C12H15BF3NO2.C6H3BrF3N/c1-10(2)11(3,4)19-13(18-10)9-5-8(6-17-7-9)12(14,15)16;7-5-1-4(2-11-3-5)6(8,9)10/h5-7H,1-4H3;1-3H. The van der Waals surface area contributed by atoms with Gasteiger partial charge in [0.2, 0.25) is 0 Å². The maximum Gasteiger partial charge on any atom is 0.496 e. The molecule has 30 heavy (non-hydrogen) atoms. The number of halogens is 7. The molecule has 1 saturated heterocycles. The maximum atomic E-state index is 12.6. The fraction of sp³-hybridized carbons (Fsp3) is 0.444. The molecule has 0 unspecified atom stereocenters.